The molecule has 0 unspecified atom stereocenters. The predicted molar refractivity (Wildman–Crippen MR) is 89.6 cm³/mol. The van der Waals surface area contributed by atoms with Gasteiger partial charge < -0.3 is 10.1 Å². The van der Waals surface area contributed by atoms with Crippen molar-refractivity contribution in [3.05, 3.63) is 47.5 Å². The first kappa shape index (κ1) is 14.9. The minimum atomic E-state index is -0.234. The third-order valence-corrected chi connectivity index (χ3v) is 4.79. The van der Waals surface area contributed by atoms with E-state index in [4.69, 9.17) is 4.74 Å². The van der Waals surface area contributed by atoms with Gasteiger partial charge in [-0.15, -0.1) is 0 Å². The smallest absolute Gasteiger partial charge is 0.302 e. The number of nitrogens with zero attached hydrogens (tertiary/aromatic N) is 1. The lowest BCUT2D eigenvalue weighted by Crippen LogP contribution is -2.17. The normalized spacial score (nSPS) is 17.1. The molecule has 0 radical (unpaired) electrons. The summed E-state index contributed by atoms with van der Waals surface area (Å²) in [5.74, 6) is 0.420. The van der Waals surface area contributed by atoms with Crippen LogP contribution in [0.5, 0.6) is 0 Å². The maximum atomic E-state index is 11.4. The van der Waals surface area contributed by atoms with Crippen molar-refractivity contribution >= 4 is 17.7 Å². The molecule has 0 bridgehead atoms. The lowest BCUT2D eigenvalue weighted by Gasteiger charge is -2.15. The van der Waals surface area contributed by atoms with E-state index in [1.54, 1.807) is 0 Å². The fraction of sp³-hybridized carbons (Fsp3) is 0.316. The Labute approximate surface area is 140 Å². The van der Waals surface area contributed by atoms with Crippen LogP contribution in [-0.4, -0.2) is 23.5 Å². The molecule has 0 spiro atoms. The number of amides is 1. The number of benzene rings is 1. The van der Waals surface area contributed by atoms with E-state index in [0.29, 0.717) is 18.8 Å². The van der Waals surface area contributed by atoms with E-state index >= 15 is 0 Å². The average Bonchev–Trinajstić information content (AvgIpc) is 3.27. The number of carbonyl (C=O) groups is 2. The molecule has 1 aliphatic heterocycles. The number of hydrogen-bond acceptors (Lipinski definition) is 4. The molecule has 0 atom stereocenters. The highest BCUT2D eigenvalue weighted by atomic mass is 16.5. The van der Waals surface area contributed by atoms with Crippen LogP contribution in [0.1, 0.15) is 30.9 Å². The van der Waals surface area contributed by atoms with Crippen LogP contribution in [-0.2, 0) is 26.2 Å². The Morgan fingerprint density at radius 2 is 1.96 bits per heavy atom. The van der Waals surface area contributed by atoms with Gasteiger partial charge in [-0.1, -0.05) is 30.3 Å². The summed E-state index contributed by atoms with van der Waals surface area (Å²) in [5, 5.41) is 2.78. The molecule has 1 fully saturated rings. The molecular weight excluding hydrogens is 304 g/mol. The zero-order valence-corrected chi connectivity index (χ0v) is 13.5. The maximum Gasteiger partial charge on any atom is 0.302 e. The number of carbonyl (C=O) groups excluding carboxylic acids is 2. The third-order valence-electron chi connectivity index (χ3n) is 4.79. The van der Waals surface area contributed by atoms with Gasteiger partial charge in [0.2, 0.25) is 5.91 Å². The van der Waals surface area contributed by atoms with E-state index in [2.05, 4.69) is 22.4 Å². The van der Waals surface area contributed by atoms with Crippen molar-refractivity contribution in [1.29, 1.82) is 0 Å². The Bertz CT molecular complexity index is 823. The second-order valence-electron chi connectivity index (χ2n) is 6.57. The lowest BCUT2D eigenvalue weighted by atomic mass is 9.95. The summed E-state index contributed by atoms with van der Waals surface area (Å²) < 4.78 is 5.21. The quantitative estimate of drug-likeness (QED) is 0.879. The molecule has 0 saturated heterocycles. The SMILES string of the molecule is CC(=O)OCC1(c2ccc(-c3ccc4c(n3)NC(=O)C4)cc2)CC1. The molecule has 122 valence electrons. The number of hydrogen-bond donors (Lipinski definition) is 1. The highest BCUT2D eigenvalue weighted by Crippen LogP contribution is 2.48. The number of esters is 1. The van der Waals surface area contributed by atoms with Gasteiger partial charge in [0.1, 0.15) is 12.4 Å². The molecule has 2 heterocycles. The van der Waals surface area contributed by atoms with Crippen LogP contribution < -0.4 is 5.32 Å². The van der Waals surface area contributed by atoms with Crippen molar-refractivity contribution in [2.45, 2.75) is 31.6 Å². The summed E-state index contributed by atoms with van der Waals surface area (Å²) in [6.45, 7) is 1.89. The van der Waals surface area contributed by atoms with Gasteiger partial charge in [-0.2, -0.15) is 0 Å². The van der Waals surface area contributed by atoms with E-state index < -0.39 is 0 Å². The Hall–Kier alpha value is -2.69. The van der Waals surface area contributed by atoms with Crippen LogP contribution >= 0.6 is 0 Å². The van der Waals surface area contributed by atoms with Crippen molar-refractivity contribution < 1.29 is 14.3 Å². The molecule has 1 aromatic carbocycles. The maximum absolute atomic E-state index is 11.4. The molecule has 1 amide bonds. The Morgan fingerprint density at radius 3 is 2.62 bits per heavy atom. The van der Waals surface area contributed by atoms with Gasteiger partial charge in [-0.05, 0) is 24.5 Å². The first-order chi connectivity index (χ1) is 11.6. The Balaban J connectivity index is 1.56. The largest absolute Gasteiger partial charge is 0.465 e. The van der Waals surface area contributed by atoms with Gasteiger partial charge in [-0.3, -0.25) is 9.59 Å². The Morgan fingerprint density at radius 1 is 1.21 bits per heavy atom. The van der Waals surface area contributed by atoms with Crippen LogP contribution in [0.15, 0.2) is 36.4 Å². The minimum Gasteiger partial charge on any atom is -0.465 e. The zero-order chi connectivity index (χ0) is 16.7. The monoisotopic (exact) mass is 322 g/mol. The molecule has 5 heteroatoms. The van der Waals surface area contributed by atoms with Gasteiger partial charge in [0.05, 0.1) is 12.1 Å². The summed E-state index contributed by atoms with van der Waals surface area (Å²) in [5.41, 5.74) is 3.97. The van der Waals surface area contributed by atoms with Gasteiger partial charge in [0.25, 0.3) is 0 Å². The number of nitrogens with one attached hydrogen (secondary N) is 1. The van der Waals surface area contributed by atoms with Crippen LogP contribution in [0.2, 0.25) is 0 Å². The highest BCUT2D eigenvalue weighted by molar-refractivity contribution is 5.98. The summed E-state index contributed by atoms with van der Waals surface area (Å²) >= 11 is 0. The van der Waals surface area contributed by atoms with Crippen LogP contribution in [0.25, 0.3) is 11.3 Å². The fourth-order valence-electron chi connectivity index (χ4n) is 3.15. The molecule has 1 N–H and O–H groups in total. The molecule has 1 aromatic heterocycles. The van der Waals surface area contributed by atoms with Crippen LogP contribution in [0, 0.1) is 0 Å². The number of aromatic nitrogens is 1. The van der Waals surface area contributed by atoms with Gasteiger partial charge in [0, 0.05) is 23.5 Å². The summed E-state index contributed by atoms with van der Waals surface area (Å²) in [6, 6.07) is 12.1. The molecule has 5 nitrogen and oxygen atoms in total. The Kier molecular flexibility index (Phi) is 3.37. The van der Waals surface area contributed by atoms with Crippen molar-refractivity contribution in [3.8, 4) is 11.3 Å². The summed E-state index contributed by atoms with van der Waals surface area (Å²) in [4.78, 5) is 27.0. The molecule has 24 heavy (non-hydrogen) atoms. The van der Waals surface area contributed by atoms with E-state index in [9.17, 15) is 9.59 Å². The van der Waals surface area contributed by atoms with E-state index in [0.717, 1.165) is 29.7 Å². The average molecular weight is 322 g/mol. The first-order valence-electron chi connectivity index (χ1n) is 8.10. The van der Waals surface area contributed by atoms with Crippen LogP contribution in [0.3, 0.4) is 0 Å². The number of rotatable bonds is 4. The van der Waals surface area contributed by atoms with E-state index in [1.165, 1.54) is 12.5 Å². The van der Waals surface area contributed by atoms with E-state index in [-0.39, 0.29) is 17.3 Å². The molecule has 4 rings (SSSR count). The molecule has 2 aliphatic rings. The second-order valence-corrected chi connectivity index (χ2v) is 6.57. The number of pyridine rings is 1. The van der Waals surface area contributed by atoms with Gasteiger partial charge in [-0.25, -0.2) is 4.98 Å². The number of fused-ring (bicyclic) bond motifs is 1. The zero-order valence-electron chi connectivity index (χ0n) is 13.5. The molecular formula is C19H18N2O3. The standard InChI is InChI=1S/C19H18N2O3/c1-12(22)24-11-19(8-9-19)15-5-2-13(3-6-15)16-7-4-14-10-17(23)21-18(14)20-16/h2-7H,8-11H2,1H3,(H,20,21,23). The third kappa shape index (κ3) is 2.66. The van der Waals surface area contributed by atoms with Gasteiger partial charge >= 0.3 is 5.97 Å². The molecule has 1 aliphatic carbocycles. The number of anilines is 1. The summed E-state index contributed by atoms with van der Waals surface area (Å²) in [6.07, 6.45) is 2.49. The summed E-state index contributed by atoms with van der Waals surface area (Å²) in [7, 11) is 0. The topological polar surface area (TPSA) is 68.3 Å². The van der Waals surface area contributed by atoms with Crippen LogP contribution in [0.4, 0.5) is 5.82 Å². The second kappa shape index (κ2) is 5.44. The van der Waals surface area contributed by atoms with Crippen molar-refractivity contribution in [2.75, 3.05) is 11.9 Å². The van der Waals surface area contributed by atoms with E-state index in [1.807, 2.05) is 24.3 Å². The number of ether oxygens (including phenoxy) is 1. The molecule has 1 saturated carbocycles. The lowest BCUT2D eigenvalue weighted by molar-refractivity contribution is -0.141. The van der Waals surface area contributed by atoms with Crippen molar-refractivity contribution in [1.82, 2.24) is 4.98 Å². The minimum absolute atomic E-state index is 0.00820. The van der Waals surface area contributed by atoms with Gasteiger partial charge in [0.15, 0.2) is 0 Å². The first-order valence-corrected chi connectivity index (χ1v) is 8.10. The fourth-order valence-corrected chi connectivity index (χ4v) is 3.15. The highest BCUT2D eigenvalue weighted by Gasteiger charge is 2.45. The predicted octanol–water partition coefficient (Wildman–Crippen LogP) is 2.84. The van der Waals surface area contributed by atoms with Crippen molar-refractivity contribution in [3.63, 3.8) is 0 Å². The molecule has 2 aromatic rings. The van der Waals surface area contributed by atoms with Crippen molar-refractivity contribution in [2.24, 2.45) is 0 Å².